The first kappa shape index (κ1) is 20.0. The van der Waals surface area contributed by atoms with Gasteiger partial charge in [0.15, 0.2) is 6.61 Å². The number of ether oxygens (including phenoxy) is 2. The van der Waals surface area contributed by atoms with Crippen LogP contribution in [0.25, 0.3) is 0 Å². The number of carbonyl (C=O) groups is 3. The molecule has 0 saturated heterocycles. The van der Waals surface area contributed by atoms with Crippen molar-refractivity contribution in [3.8, 4) is 0 Å². The van der Waals surface area contributed by atoms with Crippen LogP contribution in [0, 0.1) is 17.8 Å². The summed E-state index contributed by atoms with van der Waals surface area (Å²) in [5, 5.41) is 5.95. The van der Waals surface area contributed by atoms with Gasteiger partial charge in [0.25, 0.3) is 0 Å². The summed E-state index contributed by atoms with van der Waals surface area (Å²) in [6, 6.07) is -0.211. The van der Waals surface area contributed by atoms with Crippen molar-refractivity contribution in [2.24, 2.45) is 17.8 Å². The molecule has 7 heteroatoms. The molecule has 2 N–H and O–H groups in total. The first-order chi connectivity index (χ1) is 12.6. The molecule has 0 aliphatic heterocycles. The Kier molecular flexibility index (Phi) is 5.68. The molecule has 7 nitrogen and oxygen atoms in total. The van der Waals surface area contributed by atoms with E-state index in [0.717, 1.165) is 37.0 Å². The molecule has 0 aromatic rings. The molecule has 0 radical (unpaired) electrons. The number of hydrogen-bond acceptors (Lipinski definition) is 5. The summed E-state index contributed by atoms with van der Waals surface area (Å²) in [4.78, 5) is 35.5. The normalized spacial score (nSPS) is 31.3. The van der Waals surface area contributed by atoms with E-state index in [0.29, 0.717) is 0 Å². The second-order valence-corrected chi connectivity index (χ2v) is 9.58. The molecule has 152 valence electrons. The Morgan fingerprint density at radius 3 is 2.04 bits per heavy atom. The van der Waals surface area contributed by atoms with Gasteiger partial charge in [0.1, 0.15) is 5.60 Å². The van der Waals surface area contributed by atoms with Crippen molar-refractivity contribution in [2.75, 3.05) is 13.2 Å². The molecule has 2 amide bonds. The Hall–Kier alpha value is -1.79. The minimum absolute atomic E-state index is 0.0249. The van der Waals surface area contributed by atoms with E-state index in [1.165, 1.54) is 19.3 Å². The standard InChI is InChI=1S/C20H32N2O5/c1-19(2,3)27-17(24)12-26-16(23)4-5-21-18(25)22-20-9-13-6-14(10-20)8-15(7-13)11-20/h13-15H,4-12H2,1-3H3,(H2,21,22,25). The van der Waals surface area contributed by atoms with Crippen LogP contribution in [0.5, 0.6) is 0 Å². The first-order valence-electron chi connectivity index (χ1n) is 10.1. The molecular weight excluding hydrogens is 348 g/mol. The predicted molar refractivity (Wildman–Crippen MR) is 98.9 cm³/mol. The number of rotatable bonds is 6. The Morgan fingerprint density at radius 1 is 0.963 bits per heavy atom. The van der Waals surface area contributed by atoms with Crippen LogP contribution < -0.4 is 10.6 Å². The third kappa shape index (κ3) is 5.59. The lowest BCUT2D eigenvalue weighted by molar-refractivity contribution is -0.166. The fraction of sp³-hybridized carbons (Fsp3) is 0.850. The quantitative estimate of drug-likeness (QED) is 0.691. The second kappa shape index (κ2) is 7.68. The van der Waals surface area contributed by atoms with Gasteiger partial charge in [-0.2, -0.15) is 0 Å². The number of urea groups is 1. The maximum atomic E-state index is 12.3. The van der Waals surface area contributed by atoms with Gasteiger partial charge < -0.3 is 20.1 Å². The zero-order chi connectivity index (χ0) is 19.7. The number of esters is 2. The highest BCUT2D eigenvalue weighted by molar-refractivity contribution is 5.78. The van der Waals surface area contributed by atoms with E-state index >= 15 is 0 Å². The molecule has 0 heterocycles. The molecule has 4 saturated carbocycles. The van der Waals surface area contributed by atoms with Gasteiger partial charge in [-0.1, -0.05) is 0 Å². The zero-order valence-electron chi connectivity index (χ0n) is 16.6. The number of carbonyl (C=O) groups excluding carboxylic acids is 3. The third-order valence-electron chi connectivity index (χ3n) is 5.80. The Bertz CT molecular complexity index is 560. The molecule has 4 rings (SSSR count). The minimum atomic E-state index is -0.611. The average molecular weight is 380 g/mol. The molecule has 0 atom stereocenters. The largest absolute Gasteiger partial charge is 0.457 e. The fourth-order valence-electron chi connectivity index (χ4n) is 5.41. The Labute approximate surface area is 160 Å². The highest BCUT2D eigenvalue weighted by Gasteiger charge is 2.51. The van der Waals surface area contributed by atoms with Crippen LogP contribution in [0.3, 0.4) is 0 Å². The van der Waals surface area contributed by atoms with Gasteiger partial charge in [-0.15, -0.1) is 0 Å². The molecule has 0 aromatic carbocycles. The summed E-state index contributed by atoms with van der Waals surface area (Å²) >= 11 is 0. The molecule has 4 aliphatic rings. The van der Waals surface area contributed by atoms with Gasteiger partial charge in [0.05, 0.1) is 6.42 Å². The molecule has 4 fully saturated rings. The van der Waals surface area contributed by atoms with E-state index < -0.39 is 24.1 Å². The predicted octanol–water partition coefficient (Wildman–Crippen LogP) is 2.53. The number of nitrogens with one attached hydrogen (secondary N) is 2. The van der Waals surface area contributed by atoms with Crippen LogP contribution in [0.4, 0.5) is 4.79 Å². The molecule has 27 heavy (non-hydrogen) atoms. The van der Waals surface area contributed by atoms with Crippen LogP contribution in [-0.2, 0) is 19.1 Å². The number of amides is 2. The van der Waals surface area contributed by atoms with E-state index in [9.17, 15) is 14.4 Å². The van der Waals surface area contributed by atoms with E-state index in [1.807, 2.05) is 0 Å². The maximum Gasteiger partial charge on any atom is 0.344 e. The van der Waals surface area contributed by atoms with E-state index in [1.54, 1.807) is 20.8 Å². The van der Waals surface area contributed by atoms with Crippen molar-refractivity contribution in [1.82, 2.24) is 10.6 Å². The average Bonchev–Trinajstić information content (AvgIpc) is 2.49. The van der Waals surface area contributed by atoms with E-state index in [-0.39, 0.29) is 24.5 Å². The summed E-state index contributed by atoms with van der Waals surface area (Å²) in [7, 11) is 0. The summed E-state index contributed by atoms with van der Waals surface area (Å²) in [5.41, 5.74) is -0.656. The van der Waals surface area contributed by atoms with E-state index in [2.05, 4.69) is 10.6 Å². The van der Waals surface area contributed by atoms with Gasteiger partial charge in [-0.05, 0) is 77.0 Å². The lowest BCUT2D eigenvalue weighted by Gasteiger charge is -2.56. The maximum absolute atomic E-state index is 12.3. The van der Waals surface area contributed by atoms with Crippen LogP contribution >= 0.6 is 0 Å². The summed E-state index contributed by atoms with van der Waals surface area (Å²) in [5.74, 6) is 1.18. The molecule has 0 spiro atoms. The van der Waals surface area contributed by atoms with Crippen LogP contribution in [-0.4, -0.2) is 42.3 Å². The molecular formula is C20H32N2O5. The first-order valence-corrected chi connectivity index (χ1v) is 10.1. The van der Waals surface area contributed by atoms with Gasteiger partial charge in [-0.3, -0.25) is 4.79 Å². The third-order valence-corrected chi connectivity index (χ3v) is 5.80. The Morgan fingerprint density at radius 2 is 1.52 bits per heavy atom. The number of hydrogen-bond donors (Lipinski definition) is 2. The Balaban J connectivity index is 1.33. The van der Waals surface area contributed by atoms with Crippen LogP contribution in [0.1, 0.15) is 65.7 Å². The van der Waals surface area contributed by atoms with Gasteiger partial charge in [0, 0.05) is 12.1 Å². The van der Waals surface area contributed by atoms with E-state index in [4.69, 9.17) is 9.47 Å². The fourth-order valence-corrected chi connectivity index (χ4v) is 5.41. The highest BCUT2D eigenvalue weighted by atomic mass is 16.6. The van der Waals surface area contributed by atoms with Gasteiger partial charge >= 0.3 is 18.0 Å². The van der Waals surface area contributed by atoms with Crippen molar-refractivity contribution in [2.45, 2.75) is 76.9 Å². The summed E-state index contributed by atoms with van der Waals surface area (Å²) < 4.78 is 9.95. The van der Waals surface area contributed by atoms with Crippen molar-refractivity contribution in [3.05, 3.63) is 0 Å². The molecule has 0 unspecified atom stereocenters. The van der Waals surface area contributed by atoms with Gasteiger partial charge in [-0.25, -0.2) is 9.59 Å². The lowest BCUT2D eigenvalue weighted by atomic mass is 9.53. The van der Waals surface area contributed by atoms with Crippen LogP contribution in [0.2, 0.25) is 0 Å². The summed E-state index contributed by atoms with van der Waals surface area (Å²) in [6.45, 7) is 5.03. The highest BCUT2D eigenvalue weighted by Crippen LogP contribution is 2.55. The molecule has 4 bridgehead atoms. The SMILES string of the molecule is CC(C)(C)OC(=O)COC(=O)CCNC(=O)NC12CC3CC(CC(C3)C1)C2. The minimum Gasteiger partial charge on any atom is -0.457 e. The van der Waals surface area contributed by atoms with Crippen molar-refractivity contribution in [1.29, 1.82) is 0 Å². The monoisotopic (exact) mass is 380 g/mol. The van der Waals surface area contributed by atoms with Gasteiger partial charge in [0.2, 0.25) is 0 Å². The van der Waals surface area contributed by atoms with Crippen molar-refractivity contribution >= 4 is 18.0 Å². The summed E-state index contributed by atoms with van der Waals surface area (Å²) in [6.07, 6.45) is 7.26. The topological polar surface area (TPSA) is 93.7 Å². The molecule has 4 aliphatic carbocycles. The van der Waals surface area contributed by atoms with Crippen LogP contribution in [0.15, 0.2) is 0 Å². The zero-order valence-corrected chi connectivity index (χ0v) is 16.6. The second-order valence-electron chi connectivity index (χ2n) is 9.58. The smallest absolute Gasteiger partial charge is 0.344 e. The van der Waals surface area contributed by atoms with Crippen molar-refractivity contribution < 1.29 is 23.9 Å². The lowest BCUT2D eigenvalue weighted by Crippen LogP contribution is -2.61. The van der Waals surface area contributed by atoms with Crippen molar-refractivity contribution in [3.63, 3.8) is 0 Å². The molecule has 0 aromatic heterocycles.